The fraction of sp³-hybridized carbons (Fsp3) is 0.118. The Labute approximate surface area is 132 Å². The Balaban J connectivity index is 2.32. The van der Waals surface area contributed by atoms with E-state index in [-0.39, 0.29) is 10.8 Å². The lowest BCUT2D eigenvalue weighted by atomic mass is 10.2. The Hall–Kier alpha value is -2.58. The van der Waals surface area contributed by atoms with Crippen LogP contribution >= 0.6 is 11.8 Å². The zero-order chi connectivity index (χ0) is 15.5. The molecule has 0 aliphatic rings. The number of thioether (sulfide) groups is 1. The topological polar surface area (TPSA) is 58.7 Å². The molecule has 0 bridgehead atoms. The normalized spacial score (nSPS) is 12.0. The Morgan fingerprint density at radius 3 is 2.55 bits per heavy atom. The van der Waals surface area contributed by atoms with Gasteiger partial charge in [-0.25, -0.2) is 4.98 Å². The Morgan fingerprint density at radius 1 is 1.14 bits per heavy atom. The summed E-state index contributed by atoms with van der Waals surface area (Å²) >= 11 is 1.28. The summed E-state index contributed by atoms with van der Waals surface area (Å²) in [7, 11) is 0. The van der Waals surface area contributed by atoms with Gasteiger partial charge in [-0.1, -0.05) is 42.1 Å². The van der Waals surface area contributed by atoms with Crippen LogP contribution in [0.15, 0.2) is 64.5 Å². The maximum absolute atomic E-state index is 12.8. The van der Waals surface area contributed by atoms with Crippen molar-refractivity contribution in [2.75, 3.05) is 0 Å². The number of rotatable bonds is 3. The first kappa shape index (κ1) is 14.4. The molecule has 2 aromatic carbocycles. The average molecular weight is 307 g/mol. The number of fused-ring (bicyclic) bond motifs is 1. The quantitative estimate of drug-likeness (QED) is 0.550. The molecule has 108 valence electrons. The summed E-state index contributed by atoms with van der Waals surface area (Å²) in [4.78, 5) is 17.4. The van der Waals surface area contributed by atoms with E-state index in [1.807, 2.05) is 48.5 Å². The van der Waals surface area contributed by atoms with Gasteiger partial charge in [-0.2, -0.15) is 5.26 Å². The van der Waals surface area contributed by atoms with E-state index in [1.54, 1.807) is 17.6 Å². The molecule has 0 saturated carbocycles. The van der Waals surface area contributed by atoms with Crippen molar-refractivity contribution in [1.82, 2.24) is 9.55 Å². The molecule has 0 aliphatic carbocycles. The molecule has 1 heterocycles. The van der Waals surface area contributed by atoms with E-state index in [1.165, 1.54) is 11.8 Å². The summed E-state index contributed by atoms with van der Waals surface area (Å²) in [6, 6.07) is 18.8. The summed E-state index contributed by atoms with van der Waals surface area (Å²) in [5, 5.41) is 9.87. The number of para-hydroxylation sites is 2. The predicted octanol–water partition coefficient (Wildman–Crippen LogP) is 3.39. The summed E-state index contributed by atoms with van der Waals surface area (Å²) in [6.07, 6.45) is 0. The van der Waals surface area contributed by atoms with Crippen LogP contribution in [0.2, 0.25) is 0 Å². The van der Waals surface area contributed by atoms with Gasteiger partial charge in [0.05, 0.1) is 27.9 Å². The third kappa shape index (κ3) is 2.61. The highest BCUT2D eigenvalue weighted by molar-refractivity contribution is 8.00. The van der Waals surface area contributed by atoms with Crippen molar-refractivity contribution >= 4 is 22.7 Å². The molecule has 0 unspecified atom stereocenters. The number of hydrogen-bond donors (Lipinski definition) is 0. The highest BCUT2D eigenvalue weighted by Crippen LogP contribution is 2.24. The van der Waals surface area contributed by atoms with Crippen molar-refractivity contribution in [2.24, 2.45) is 0 Å². The van der Waals surface area contributed by atoms with Crippen molar-refractivity contribution in [1.29, 1.82) is 5.26 Å². The lowest BCUT2D eigenvalue weighted by molar-refractivity contribution is 0.818. The highest BCUT2D eigenvalue weighted by Gasteiger charge is 2.15. The third-order valence-corrected chi connectivity index (χ3v) is 4.17. The monoisotopic (exact) mass is 307 g/mol. The first-order chi connectivity index (χ1) is 10.7. The Morgan fingerprint density at radius 2 is 1.82 bits per heavy atom. The second-order valence-corrected chi connectivity index (χ2v) is 6.08. The molecule has 4 nitrogen and oxygen atoms in total. The van der Waals surface area contributed by atoms with Crippen LogP contribution in [0.5, 0.6) is 0 Å². The van der Waals surface area contributed by atoms with Crippen molar-refractivity contribution < 1.29 is 0 Å². The van der Waals surface area contributed by atoms with E-state index in [4.69, 9.17) is 5.26 Å². The number of nitriles is 1. The molecule has 1 atom stereocenters. The number of aromatic nitrogens is 2. The van der Waals surface area contributed by atoms with E-state index < -0.39 is 0 Å². The van der Waals surface area contributed by atoms with Crippen LogP contribution < -0.4 is 5.56 Å². The van der Waals surface area contributed by atoms with Crippen molar-refractivity contribution in [2.45, 2.75) is 17.3 Å². The van der Waals surface area contributed by atoms with Crippen LogP contribution in [0.1, 0.15) is 6.92 Å². The molecule has 3 aromatic rings. The second-order valence-electron chi connectivity index (χ2n) is 4.78. The van der Waals surface area contributed by atoms with E-state index in [0.29, 0.717) is 16.1 Å². The van der Waals surface area contributed by atoms with Gasteiger partial charge in [0.25, 0.3) is 5.56 Å². The average Bonchev–Trinajstić information content (AvgIpc) is 2.56. The molecule has 0 N–H and O–H groups in total. The lowest BCUT2D eigenvalue weighted by Gasteiger charge is -2.13. The van der Waals surface area contributed by atoms with Gasteiger partial charge in [-0.05, 0) is 31.2 Å². The zero-order valence-electron chi connectivity index (χ0n) is 11.9. The van der Waals surface area contributed by atoms with Gasteiger partial charge >= 0.3 is 0 Å². The minimum Gasteiger partial charge on any atom is -0.268 e. The van der Waals surface area contributed by atoms with Gasteiger partial charge in [0.1, 0.15) is 0 Å². The fourth-order valence-electron chi connectivity index (χ4n) is 2.18. The Bertz CT molecular complexity index is 913. The second kappa shape index (κ2) is 6.04. The molecule has 0 aliphatic heterocycles. The van der Waals surface area contributed by atoms with Crippen LogP contribution in [0.4, 0.5) is 0 Å². The molecule has 5 heteroatoms. The zero-order valence-corrected chi connectivity index (χ0v) is 12.7. The number of nitrogens with zero attached hydrogens (tertiary/aromatic N) is 3. The van der Waals surface area contributed by atoms with E-state index >= 15 is 0 Å². The standard InChI is InChI=1S/C17H13N3OS/c1-12(11-18)22-17-19-15-10-6-5-9-14(15)16(21)20(17)13-7-3-2-4-8-13/h2-10,12H,1H3/t12-/m1/s1. The van der Waals surface area contributed by atoms with E-state index in [2.05, 4.69) is 11.1 Å². The van der Waals surface area contributed by atoms with Crippen LogP contribution in [0.3, 0.4) is 0 Å². The van der Waals surface area contributed by atoms with Crippen LogP contribution in [0, 0.1) is 11.3 Å². The highest BCUT2D eigenvalue weighted by atomic mass is 32.2. The van der Waals surface area contributed by atoms with Crippen molar-refractivity contribution in [3.05, 3.63) is 65.0 Å². The third-order valence-electron chi connectivity index (χ3n) is 3.22. The maximum Gasteiger partial charge on any atom is 0.266 e. The number of hydrogen-bond acceptors (Lipinski definition) is 4. The largest absolute Gasteiger partial charge is 0.268 e. The molecule has 3 rings (SSSR count). The van der Waals surface area contributed by atoms with Crippen LogP contribution in [-0.2, 0) is 0 Å². The summed E-state index contributed by atoms with van der Waals surface area (Å²) in [5.41, 5.74) is 1.27. The van der Waals surface area contributed by atoms with Crippen molar-refractivity contribution in [3.8, 4) is 11.8 Å². The first-order valence-corrected chi connectivity index (χ1v) is 7.72. The first-order valence-electron chi connectivity index (χ1n) is 6.84. The molecule has 0 fully saturated rings. The van der Waals surface area contributed by atoms with Gasteiger partial charge in [0.2, 0.25) is 0 Å². The molecule has 0 spiro atoms. The summed E-state index contributed by atoms with van der Waals surface area (Å²) in [6.45, 7) is 1.79. The van der Waals surface area contributed by atoms with Crippen LogP contribution in [-0.4, -0.2) is 14.8 Å². The number of benzene rings is 2. The van der Waals surface area contributed by atoms with Gasteiger partial charge in [0.15, 0.2) is 5.16 Å². The SMILES string of the molecule is C[C@H](C#N)Sc1nc2ccccc2c(=O)n1-c1ccccc1. The van der Waals surface area contributed by atoms with Gasteiger partial charge < -0.3 is 0 Å². The molecule has 22 heavy (non-hydrogen) atoms. The fourth-order valence-corrected chi connectivity index (χ4v) is 2.99. The van der Waals surface area contributed by atoms with E-state index in [9.17, 15) is 4.79 Å². The minimum absolute atomic E-state index is 0.121. The smallest absolute Gasteiger partial charge is 0.266 e. The van der Waals surface area contributed by atoms with Crippen LogP contribution in [0.25, 0.3) is 16.6 Å². The summed E-state index contributed by atoms with van der Waals surface area (Å²) < 4.78 is 1.57. The van der Waals surface area contributed by atoms with Gasteiger partial charge in [-0.3, -0.25) is 9.36 Å². The molecule has 0 saturated heterocycles. The molecular weight excluding hydrogens is 294 g/mol. The maximum atomic E-state index is 12.8. The van der Waals surface area contributed by atoms with E-state index in [0.717, 1.165) is 5.69 Å². The Kier molecular flexibility index (Phi) is 3.94. The molecule has 1 aromatic heterocycles. The molecule has 0 amide bonds. The molecule has 0 radical (unpaired) electrons. The minimum atomic E-state index is -0.289. The molecular formula is C17H13N3OS. The predicted molar refractivity (Wildman–Crippen MR) is 88.3 cm³/mol. The van der Waals surface area contributed by atoms with Gasteiger partial charge in [-0.15, -0.1) is 0 Å². The van der Waals surface area contributed by atoms with Gasteiger partial charge in [0, 0.05) is 0 Å². The summed E-state index contributed by atoms with van der Waals surface area (Å²) in [5.74, 6) is 0. The van der Waals surface area contributed by atoms with Crippen molar-refractivity contribution in [3.63, 3.8) is 0 Å². The lowest BCUT2D eigenvalue weighted by Crippen LogP contribution is -2.22.